The number of amides is 3. The van der Waals surface area contributed by atoms with Gasteiger partial charge in [0, 0.05) is 19.0 Å². The molecule has 44 heavy (non-hydrogen) atoms. The summed E-state index contributed by atoms with van der Waals surface area (Å²) in [6, 6.07) is 9.24. The molecule has 0 saturated carbocycles. The number of phenols is 2. The monoisotopic (exact) mass is 611 g/mol. The fraction of sp³-hybridized carbons (Fsp3) is 0.571. The van der Waals surface area contributed by atoms with Gasteiger partial charge in [0.25, 0.3) is 0 Å². The molecule has 0 saturated heterocycles. The Morgan fingerprint density at radius 3 is 2.16 bits per heavy atom. The van der Waals surface area contributed by atoms with Crippen LogP contribution in [-0.2, 0) is 20.7 Å². The second-order valence-electron chi connectivity index (χ2n) is 12.7. The van der Waals surface area contributed by atoms with Crippen molar-refractivity contribution in [3.8, 4) is 11.5 Å². The Hall–Kier alpha value is -3.75. The molecule has 2 rings (SSSR count). The van der Waals surface area contributed by atoms with Crippen molar-refractivity contribution in [1.82, 2.24) is 15.5 Å². The van der Waals surface area contributed by atoms with Gasteiger partial charge in [0.2, 0.25) is 11.8 Å². The first-order valence-corrected chi connectivity index (χ1v) is 15.9. The first kappa shape index (κ1) is 36.4. The first-order chi connectivity index (χ1) is 20.7. The van der Waals surface area contributed by atoms with Gasteiger partial charge in [0.05, 0.1) is 0 Å². The highest BCUT2D eigenvalue weighted by atomic mass is 16.6. The molecule has 0 bridgehead atoms. The lowest BCUT2D eigenvalue weighted by molar-refractivity contribution is -0.142. The molecule has 3 atom stereocenters. The van der Waals surface area contributed by atoms with E-state index in [0.29, 0.717) is 24.1 Å². The Morgan fingerprint density at radius 1 is 0.909 bits per heavy atom. The molecule has 2 aromatic carbocycles. The van der Waals surface area contributed by atoms with E-state index in [4.69, 9.17) is 4.74 Å². The van der Waals surface area contributed by atoms with Crippen LogP contribution in [0.2, 0.25) is 0 Å². The van der Waals surface area contributed by atoms with Crippen LogP contribution in [0.4, 0.5) is 4.79 Å². The number of alkyl carbamates (subject to hydrolysis) is 1. The van der Waals surface area contributed by atoms with Crippen LogP contribution in [0.3, 0.4) is 0 Å². The van der Waals surface area contributed by atoms with Crippen LogP contribution in [0.5, 0.6) is 11.5 Å². The number of phenolic OH excluding ortho intramolecular Hbond substituents is 2. The van der Waals surface area contributed by atoms with Gasteiger partial charge in [-0.2, -0.15) is 0 Å². The summed E-state index contributed by atoms with van der Waals surface area (Å²) in [5.74, 6) is -0.556. The van der Waals surface area contributed by atoms with E-state index in [1.807, 2.05) is 13.8 Å². The average molecular weight is 612 g/mol. The molecule has 9 heteroatoms. The molecule has 0 heterocycles. The third-order valence-electron chi connectivity index (χ3n) is 7.36. The number of ether oxygens (including phenoxy) is 1. The van der Waals surface area contributed by atoms with Gasteiger partial charge in [0.1, 0.15) is 29.2 Å². The van der Waals surface area contributed by atoms with Gasteiger partial charge >= 0.3 is 6.09 Å². The van der Waals surface area contributed by atoms with E-state index in [1.54, 1.807) is 56.9 Å². The number of aryl methyl sites for hydroxylation is 1. The molecule has 2 aromatic rings. The zero-order valence-corrected chi connectivity index (χ0v) is 27.6. The molecule has 9 nitrogen and oxygen atoms in total. The van der Waals surface area contributed by atoms with E-state index in [1.165, 1.54) is 18.2 Å². The van der Waals surface area contributed by atoms with Gasteiger partial charge < -0.3 is 30.5 Å². The Kier molecular flexibility index (Phi) is 14.5. The van der Waals surface area contributed by atoms with Crippen LogP contribution >= 0.6 is 0 Å². The third-order valence-corrected chi connectivity index (χ3v) is 7.36. The minimum Gasteiger partial charge on any atom is -0.508 e. The molecular formula is C35H53N3O6. The number of nitrogens with one attached hydrogen (secondary N) is 2. The number of nitrogens with zero attached hydrogens (tertiary/aromatic N) is 1. The molecule has 0 aliphatic heterocycles. The Morgan fingerprint density at radius 2 is 1.57 bits per heavy atom. The number of hydrogen-bond donors (Lipinski definition) is 4. The minimum absolute atomic E-state index is 0.0890. The summed E-state index contributed by atoms with van der Waals surface area (Å²) < 4.78 is 5.51. The minimum atomic E-state index is -1.05. The second kappa shape index (κ2) is 17.5. The molecule has 244 valence electrons. The lowest BCUT2D eigenvalue weighted by atomic mass is 9.97. The molecule has 0 aliphatic rings. The smallest absolute Gasteiger partial charge is 0.408 e. The highest BCUT2D eigenvalue weighted by molar-refractivity contribution is 5.92. The second-order valence-corrected chi connectivity index (χ2v) is 12.7. The van der Waals surface area contributed by atoms with E-state index >= 15 is 0 Å². The predicted octanol–water partition coefficient (Wildman–Crippen LogP) is 6.69. The van der Waals surface area contributed by atoms with Crippen molar-refractivity contribution < 1.29 is 29.3 Å². The number of hydrogen-bond acceptors (Lipinski definition) is 6. The van der Waals surface area contributed by atoms with Gasteiger partial charge in [-0.3, -0.25) is 9.59 Å². The molecule has 3 amide bonds. The summed E-state index contributed by atoms with van der Waals surface area (Å²) in [7, 11) is 0. The van der Waals surface area contributed by atoms with Crippen molar-refractivity contribution >= 4 is 17.9 Å². The summed E-state index contributed by atoms with van der Waals surface area (Å²) in [6.45, 7) is 13.4. The van der Waals surface area contributed by atoms with Crippen molar-refractivity contribution in [1.29, 1.82) is 0 Å². The molecule has 0 spiro atoms. The highest BCUT2D eigenvalue weighted by Crippen LogP contribution is 2.28. The molecule has 0 fully saturated rings. The third kappa shape index (κ3) is 12.1. The maximum Gasteiger partial charge on any atom is 0.408 e. The van der Waals surface area contributed by atoms with Crippen molar-refractivity contribution in [2.45, 2.75) is 124 Å². The lowest BCUT2D eigenvalue weighted by Gasteiger charge is -2.35. The van der Waals surface area contributed by atoms with Gasteiger partial charge in [-0.25, -0.2) is 4.79 Å². The molecule has 4 N–H and O–H groups in total. The van der Waals surface area contributed by atoms with Gasteiger partial charge in [-0.05, 0) is 88.4 Å². The zero-order valence-electron chi connectivity index (χ0n) is 27.6. The van der Waals surface area contributed by atoms with Gasteiger partial charge in [-0.1, -0.05) is 64.2 Å². The molecule has 0 aromatic heterocycles. The van der Waals surface area contributed by atoms with Gasteiger partial charge in [-0.15, -0.1) is 0 Å². The summed E-state index contributed by atoms with van der Waals surface area (Å²) in [6.07, 6.45) is 5.77. The van der Waals surface area contributed by atoms with Crippen molar-refractivity contribution in [2.75, 3.05) is 6.54 Å². The molecule has 3 unspecified atom stereocenters. The topological polar surface area (TPSA) is 128 Å². The SMILES string of the molecule is CCCCCCCN(C(=O)C(Cc1ccc(O)cc1)NC(=O)OC(C)(C)C)C(C(=O)NC(C)CCC)c1ccc(O)c(C)c1. The van der Waals surface area contributed by atoms with Crippen LogP contribution < -0.4 is 10.6 Å². The van der Waals surface area contributed by atoms with Crippen LogP contribution in [-0.4, -0.2) is 57.3 Å². The Balaban J connectivity index is 2.60. The zero-order chi connectivity index (χ0) is 32.9. The fourth-order valence-electron chi connectivity index (χ4n) is 5.12. The Bertz CT molecular complexity index is 1210. The number of benzene rings is 2. The number of rotatable bonds is 16. The van der Waals surface area contributed by atoms with E-state index < -0.39 is 29.7 Å². The largest absolute Gasteiger partial charge is 0.508 e. The lowest BCUT2D eigenvalue weighted by Crippen LogP contribution is -2.54. The number of aromatic hydroxyl groups is 2. The summed E-state index contributed by atoms with van der Waals surface area (Å²) >= 11 is 0. The molecular weight excluding hydrogens is 558 g/mol. The Labute approximate surface area is 263 Å². The maximum atomic E-state index is 14.6. The molecule has 0 aliphatic carbocycles. The van der Waals surface area contributed by atoms with Crippen molar-refractivity contribution in [3.63, 3.8) is 0 Å². The first-order valence-electron chi connectivity index (χ1n) is 15.9. The van der Waals surface area contributed by atoms with E-state index in [0.717, 1.165) is 44.1 Å². The average Bonchev–Trinajstić information content (AvgIpc) is 2.93. The van der Waals surface area contributed by atoms with Crippen LogP contribution in [0.15, 0.2) is 42.5 Å². The number of carbonyl (C=O) groups is 3. The number of unbranched alkanes of at least 4 members (excludes halogenated alkanes) is 4. The summed E-state index contributed by atoms with van der Waals surface area (Å²) in [4.78, 5) is 43.2. The van der Waals surface area contributed by atoms with Crippen LogP contribution in [0.25, 0.3) is 0 Å². The quantitative estimate of drug-likeness (QED) is 0.157. The highest BCUT2D eigenvalue weighted by Gasteiger charge is 2.36. The standard InChI is InChI=1S/C35H53N3O6/c1-8-10-11-12-13-21-38(31(32(41)36-25(4)14-9-2)27-17-20-30(40)24(3)22-27)33(42)29(37-34(43)44-35(5,6)7)23-26-15-18-28(39)19-16-26/h15-20,22,25,29,31,39-40H,8-14,21,23H2,1-7H3,(H,36,41)(H,37,43). The summed E-state index contributed by atoms with van der Waals surface area (Å²) in [5, 5.41) is 25.9. The van der Waals surface area contributed by atoms with Crippen molar-refractivity contribution in [2.24, 2.45) is 0 Å². The normalized spacial score (nSPS) is 13.4. The molecule has 0 radical (unpaired) electrons. The van der Waals surface area contributed by atoms with E-state index in [2.05, 4.69) is 17.6 Å². The van der Waals surface area contributed by atoms with E-state index in [-0.39, 0.29) is 29.9 Å². The summed E-state index contributed by atoms with van der Waals surface area (Å²) in [5.41, 5.74) is 1.10. The van der Waals surface area contributed by atoms with Crippen LogP contribution in [0.1, 0.15) is 109 Å². The maximum absolute atomic E-state index is 14.6. The predicted molar refractivity (Wildman–Crippen MR) is 174 cm³/mol. The fourth-order valence-corrected chi connectivity index (χ4v) is 5.12. The van der Waals surface area contributed by atoms with E-state index in [9.17, 15) is 24.6 Å². The number of carbonyl (C=O) groups excluding carboxylic acids is 3. The van der Waals surface area contributed by atoms with Crippen molar-refractivity contribution in [3.05, 3.63) is 59.2 Å². The van der Waals surface area contributed by atoms with Crippen LogP contribution in [0, 0.1) is 6.92 Å². The van der Waals surface area contributed by atoms with Gasteiger partial charge in [0.15, 0.2) is 0 Å².